The van der Waals surface area contributed by atoms with E-state index in [1.54, 1.807) is 0 Å². The number of halogens is 1. The van der Waals surface area contributed by atoms with Crippen LogP contribution in [0.25, 0.3) is 0 Å². The van der Waals surface area contributed by atoms with E-state index < -0.39 is 17.8 Å². The Morgan fingerprint density at radius 2 is 2.03 bits per heavy atom. The van der Waals surface area contributed by atoms with Crippen LogP contribution in [0.4, 0.5) is 0 Å². The number of hydrogen-bond donors (Lipinski definition) is 1. The molecule has 2 aromatic rings. The summed E-state index contributed by atoms with van der Waals surface area (Å²) in [6, 6.07) is 11.2. The highest BCUT2D eigenvalue weighted by Crippen LogP contribution is 2.47. The van der Waals surface area contributed by atoms with Crippen LogP contribution in [0, 0.1) is 11.3 Å². The number of allylic oxidation sites excluding steroid dienone is 3. The third-order valence-corrected chi connectivity index (χ3v) is 6.30. The molecule has 0 amide bonds. The van der Waals surface area contributed by atoms with Crippen LogP contribution in [0.1, 0.15) is 44.6 Å². The molecule has 2 unspecified atom stereocenters. The number of rotatable bonds is 5. The summed E-state index contributed by atoms with van der Waals surface area (Å²) < 4.78 is 17.9. The van der Waals surface area contributed by atoms with Gasteiger partial charge in [0.1, 0.15) is 29.7 Å². The lowest BCUT2D eigenvalue weighted by Gasteiger charge is -2.40. The zero-order chi connectivity index (χ0) is 23.0. The SMILES string of the molecule is COC(=O)C1=C(C)NC2=CC(C)(C)CC(=O)C2C1c1ccc(COc2cccc(Br)c2)o1. The minimum Gasteiger partial charge on any atom is -0.486 e. The molecule has 0 saturated heterocycles. The van der Waals surface area contributed by atoms with Gasteiger partial charge in [0.25, 0.3) is 0 Å². The van der Waals surface area contributed by atoms with E-state index in [-0.39, 0.29) is 17.8 Å². The lowest BCUT2D eigenvalue weighted by atomic mass is 9.67. The van der Waals surface area contributed by atoms with Crippen molar-refractivity contribution < 1.29 is 23.5 Å². The van der Waals surface area contributed by atoms with Crippen molar-refractivity contribution in [2.75, 3.05) is 7.11 Å². The highest BCUT2D eigenvalue weighted by Gasteiger charge is 2.47. The van der Waals surface area contributed by atoms with Crippen molar-refractivity contribution in [3.8, 4) is 5.75 Å². The normalized spacial score (nSPS) is 22.0. The van der Waals surface area contributed by atoms with Gasteiger partial charge in [-0.15, -0.1) is 0 Å². The monoisotopic (exact) mass is 499 g/mol. The Hall–Kier alpha value is -2.80. The molecular formula is C25H26BrNO5. The second-order valence-corrected chi connectivity index (χ2v) is 9.81. The summed E-state index contributed by atoms with van der Waals surface area (Å²) in [5, 5.41) is 3.28. The second-order valence-electron chi connectivity index (χ2n) is 8.89. The Morgan fingerprint density at radius 1 is 1.25 bits per heavy atom. The molecule has 32 heavy (non-hydrogen) atoms. The number of ether oxygens (including phenoxy) is 2. The molecule has 2 atom stereocenters. The second kappa shape index (κ2) is 8.62. The van der Waals surface area contributed by atoms with Gasteiger partial charge in [0, 0.05) is 22.3 Å². The Balaban J connectivity index is 1.68. The van der Waals surface area contributed by atoms with Gasteiger partial charge >= 0.3 is 5.97 Å². The average molecular weight is 500 g/mol. The van der Waals surface area contributed by atoms with Gasteiger partial charge in [-0.1, -0.05) is 41.9 Å². The number of ketones is 1. The van der Waals surface area contributed by atoms with E-state index in [9.17, 15) is 9.59 Å². The summed E-state index contributed by atoms with van der Waals surface area (Å²) in [6.45, 7) is 6.11. The summed E-state index contributed by atoms with van der Waals surface area (Å²) in [5.41, 5.74) is 1.63. The highest BCUT2D eigenvalue weighted by atomic mass is 79.9. The van der Waals surface area contributed by atoms with Gasteiger partial charge in [0.15, 0.2) is 0 Å². The van der Waals surface area contributed by atoms with Crippen molar-refractivity contribution in [3.63, 3.8) is 0 Å². The third kappa shape index (κ3) is 4.39. The summed E-state index contributed by atoms with van der Waals surface area (Å²) >= 11 is 3.43. The number of esters is 1. The van der Waals surface area contributed by atoms with Crippen molar-refractivity contribution in [2.24, 2.45) is 11.3 Å². The molecule has 0 bridgehead atoms. The maximum atomic E-state index is 13.2. The molecule has 1 aliphatic carbocycles. The maximum absolute atomic E-state index is 13.2. The van der Waals surface area contributed by atoms with Gasteiger partial charge in [-0.05, 0) is 42.7 Å². The lowest BCUT2D eigenvalue weighted by Crippen LogP contribution is -2.43. The first-order chi connectivity index (χ1) is 15.2. The molecule has 0 fully saturated rings. The van der Waals surface area contributed by atoms with Crippen LogP contribution < -0.4 is 10.1 Å². The van der Waals surface area contributed by atoms with E-state index in [1.165, 1.54) is 7.11 Å². The number of carbonyl (C=O) groups is 2. The van der Waals surface area contributed by atoms with Crippen LogP contribution >= 0.6 is 15.9 Å². The fraction of sp³-hybridized carbons (Fsp3) is 0.360. The molecule has 168 valence electrons. The minimum atomic E-state index is -0.557. The molecular weight excluding hydrogens is 474 g/mol. The predicted octanol–water partition coefficient (Wildman–Crippen LogP) is 5.25. The summed E-state index contributed by atoms with van der Waals surface area (Å²) in [4.78, 5) is 25.9. The number of Topliss-reactive ketones (excluding diaryl/α,β-unsaturated/α-hetero) is 1. The summed E-state index contributed by atoms with van der Waals surface area (Å²) in [7, 11) is 1.34. The number of hydrogen-bond acceptors (Lipinski definition) is 6. The quantitative estimate of drug-likeness (QED) is 0.565. The molecule has 4 rings (SSSR count). The summed E-state index contributed by atoms with van der Waals surface area (Å²) in [6.07, 6.45) is 2.48. The smallest absolute Gasteiger partial charge is 0.336 e. The van der Waals surface area contributed by atoms with E-state index in [0.717, 1.165) is 10.2 Å². The third-order valence-electron chi connectivity index (χ3n) is 5.81. The zero-order valence-electron chi connectivity index (χ0n) is 18.5. The molecule has 1 aliphatic heterocycles. The maximum Gasteiger partial charge on any atom is 0.336 e. The largest absolute Gasteiger partial charge is 0.486 e. The van der Waals surface area contributed by atoms with Gasteiger partial charge in [-0.2, -0.15) is 0 Å². The Kier molecular flexibility index (Phi) is 6.03. The number of benzene rings is 1. The van der Waals surface area contributed by atoms with Crippen LogP contribution in [0.5, 0.6) is 5.75 Å². The fourth-order valence-corrected chi connectivity index (χ4v) is 4.88. The van der Waals surface area contributed by atoms with E-state index in [4.69, 9.17) is 13.9 Å². The Bertz CT molecular complexity index is 1130. The van der Waals surface area contributed by atoms with Gasteiger partial charge < -0.3 is 19.2 Å². The van der Waals surface area contributed by atoms with E-state index >= 15 is 0 Å². The molecule has 2 heterocycles. The fourth-order valence-electron chi connectivity index (χ4n) is 4.50. The van der Waals surface area contributed by atoms with Gasteiger partial charge in [0.2, 0.25) is 0 Å². The number of fused-ring (bicyclic) bond motifs is 1. The van der Waals surface area contributed by atoms with Gasteiger partial charge in [-0.3, -0.25) is 4.79 Å². The van der Waals surface area contributed by atoms with Crippen molar-refractivity contribution >= 4 is 27.7 Å². The Morgan fingerprint density at radius 3 is 2.75 bits per heavy atom. The first kappa shape index (κ1) is 22.4. The Labute approximate surface area is 195 Å². The lowest BCUT2D eigenvalue weighted by molar-refractivity contribution is -0.137. The van der Waals surface area contributed by atoms with Crippen LogP contribution in [0.2, 0.25) is 0 Å². The number of methoxy groups -OCH3 is 1. The van der Waals surface area contributed by atoms with Crippen LogP contribution in [0.3, 0.4) is 0 Å². The molecule has 7 heteroatoms. The standard InChI is InChI=1S/C25H26BrNO5/c1-14-21(24(29)30-4)23(22-18(27-14)11-25(2,3)12-19(22)28)20-9-8-17(32-20)13-31-16-7-5-6-15(26)10-16/h5-11,22-23,27H,12-13H2,1-4H3. The van der Waals surface area contributed by atoms with E-state index in [1.807, 2.05) is 57.2 Å². The number of carbonyl (C=O) groups excluding carboxylic acids is 2. The van der Waals surface area contributed by atoms with E-state index in [0.29, 0.717) is 35.0 Å². The van der Waals surface area contributed by atoms with Crippen molar-refractivity contribution in [3.05, 3.63) is 75.4 Å². The zero-order valence-corrected chi connectivity index (χ0v) is 20.1. The molecule has 0 radical (unpaired) electrons. The topological polar surface area (TPSA) is 77.8 Å². The average Bonchev–Trinajstić information content (AvgIpc) is 3.18. The molecule has 1 N–H and O–H groups in total. The molecule has 0 saturated carbocycles. The molecule has 1 aromatic heterocycles. The first-order valence-corrected chi connectivity index (χ1v) is 11.3. The molecule has 2 aliphatic rings. The van der Waals surface area contributed by atoms with E-state index in [2.05, 4.69) is 27.3 Å². The van der Waals surface area contributed by atoms with Gasteiger partial charge in [0.05, 0.1) is 24.5 Å². The van der Waals surface area contributed by atoms with Crippen molar-refractivity contribution in [1.29, 1.82) is 0 Å². The van der Waals surface area contributed by atoms with Crippen LogP contribution in [-0.2, 0) is 20.9 Å². The number of nitrogens with one attached hydrogen (secondary N) is 1. The van der Waals surface area contributed by atoms with Gasteiger partial charge in [-0.25, -0.2) is 4.79 Å². The van der Waals surface area contributed by atoms with Crippen molar-refractivity contribution in [1.82, 2.24) is 5.32 Å². The highest BCUT2D eigenvalue weighted by molar-refractivity contribution is 9.10. The minimum absolute atomic E-state index is 0.0715. The molecule has 1 aromatic carbocycles. The van der Waals surface area contributed by atoms with Crippen molar-refractivity contribution in [2.45, 2.75) is 39.7 Å². The molecule has 0 spiro atoms. The van der Waals surface area contributed by atoms with Crippen LogP contribution in [0.15, 0.2) is 68.3 Å². The number of furan rings is 1. The summed E-state index contributed by atoms with van der Waals surface area (Å²) in [5.74, 6) is 0.379. The molecule has 6 nitrogen and oxygen atoms in total. The first-order valence-electron chi connectivity index (χ1n) is 10.5. The van der Waals surface area contributed by atoms with Crippen LogP contribution in [-0.4, -0.2) is 18.9 Å². The predicted molar refractivity (Wildman–Crippen MR) is 123 cm³/mol.